The molecule has 0 aliphatic rings. The molecule has 1 aromatic carbocycles. The van der Waals surface area contributed by atoms with Gasteiger partial charge in [0, 0.05) is 12.2 Å². The molecule has 4 N–H and O–H groups in total. The second-order valence-corrected chi connectivity index (χ2v) is 4.43. The summed E-state index contributed by atoms with van der Waals surface area (Å²) >= 11 is 4.98. The predicted octanol–water partition coefficient (Wildman–Crippen LogP) is 1.69. The van der Waals surface area contributed by atoms with Gasteiger partial charge in [-0.15, -0.1) is 0 Å². The fourth-order valence-corrected chi connectivity index (χ4v) is 1.94. The van der Waals surface area contributed by atoms with E-state index in [2.05, 4.69) is 20.6 Å². The Morgan fingerprint density at radius 1 is 1.21 bits per heavy atom. The van der Waals surface area contributed by atoms with Gasteiger partial charge in [-0.25, -0.2) is 0 Å². The van der Waals surface area contributed by atoms with Gasteiger partial charge in [0.1, 0.15) is 6.42 Å². The van der Waals surface area contributed by atoms with Crippen LogP contribution in [0.1, 0.15) is 13.3 Å². The Morgan fingerprint density at radius 3 is 2.68 bits per heavy atom. The van der Waals surface area contributed by atoms with Crippen molar-refractivity contribution in [2.24, 2.45) is 0 Å². The Labute approximate surface area is 114 Å². The summed E-state index contributed by atoms with van der Waals surface area (Å²) < 4.78 is 0.529. The van der Waals surface area contributed by atoms with Crippen molar-refractivity contribution in [2.45, 2.75) is 13.3 Å². The Bertz CT molecular complexity index is 674. The van der Waals surface area contributed by atoms with E-state index in [1.54, 1.807) is 19.1 Å². The molecule has 0 aliphatic carbocycles. The van der Waals surface area contributed by atoms with Gasteiger partial charge in [-0.3, -0.25) is 9.59 Å². The number of nitrogens with one attached hydrogen (secondary N) is 4. The summed E-state index contributed by atoms with van der Waals surface area (Å²) in [7, 11) is 0. The Hall–Kier alpha value is -2.15. The van der Waals surface area contributed by atoms with Crippen LogP contribution in [0.3, 0.4) is 0 Å². The van der Waals surface area contributed by atoms with Crippen LogP contribution in [0.25, 0.3) is 11.0 Å². The maximum Gasteiger partial charge on any atom is 0.233 e. The fraction of sp³-hybridized carbons (Fsp3) is 0.250. The van der Waals surface area contributed by atoms with E-state index in [9.17, 15) is 9.59 Å². The van der Waals surface area contributed by atoms with E-state index in [0.29, 0.717) is 17.0 Å². The molecule has 0 saturated heterocycles. The summed E-state index contributed by atoms with van der Waals surface area (Å²) in [6.45, 7) is 2.32. The minimum atomic E-state index is -0.348. The third-order valence-corrected chi connectivity index (χ3v) is 2.70. The smallest absolute Gasteiger partial charge is 0.233 e. The summed E-state index contributed by atoms with van der Waals surface area (Å²) in [6, 6.07) is 5.32. The number of fused-ring (bicyclic) bond motifs is 1. The average molecular weight is 278 g/mol. The lowest BCUT2D eigenvalue weighted by Gasteiger charge is -2.05. The number of carbonyl (C=O) groups excluding carboxylic acids is 2. The second-order valence-electron chi connectivity index (χ2n) is 4.02. The highest BCUT2D eigenvalue weighted by molar-refractivity contribution is 7.71. The molecule has 1 aromatic heterocycles. The summed E-state index contributed by atoms with van der Waals surface area (Å²) in [5, 5.41) is 5.24. The van der Waals surface area contributed by atoms with Crippen LogP contribution in [0.4, 0.5) is 5.69 Å². The number of amides is 2. The lowest BCUT2D eigenvalue weighted by molar-refractivity contribution is -0.126. The van der Waals surface area contributed by atoms with Crippen molar-refractivity contribution in [3.63, 3.8) is 0 Å². The van der Waals surface area contributed by atoms with E-state index in [0.717, 1.165) is 11.0 Å². The lowest BCUT2D eigenvalue weighted by atomic mass is 10.2. The molecular weight excluding hydrogens is 264 g/mol. The Balaban J connectivity index is 2.06. The number of hydrogen-bond donors (Lipinski definition) is 4. The topological polar surface area (TPSA) is 89.8 Å². The maximum absolute atomic E-state index is 11.6. The minimum absolute atomic E-state index is 0.186. The van der Waals surface area contributed by atoms with Crippen LogP contribution < -0.4 is 10.6 Å². The molecule has 0 radical (unpaired) electrons. The number of rotatable bonds is 4. The third-order valence-electron chi connectivity index (χ3n) is 2.49. The number of H-pyrrole nitrogens is 2. The number of benzene rings is 1. The number of carbonyl (C=O) groups is 2. The van der Waals surface area contributed by atoms with Crippen LogP contribution in [-0.2, 0) is 9.59 Å². The number of hydrogen-bond acceptors (Lipinski definition) is 3. The van der Waals surface area contributed by atoms with Crippen molar-refractivity contribution in [1.82, 2.24) is 15.3 Å². The molecule has 100 valence electrons. The second kappa shape index (κ2) is 5.66. The van der Waals surface area contributed by atoms with Gasteiger partial charge in [0.2, 0.25) is 11.8 Å². The summed E-state index contributed by atoms with van der Waals surface area (Å²) in [6.07, 6.45) is -0.186. The molecular formula is C12H14N4O2S. The lowest BCUT2D eigenvalue weighted by Crippen LogP contribution is -2.27. The minimum Gasteiger partial charge on any atom is -0.356 e. The molecule has 0 saturated carbocycles. The first-order valence-electron chi connectivity index (χ1n) is 5.87. The van der Waals surface area contributed by atoms with Crippen molar-refractivity contribution < 1.29 is 9.59 Å². The number of imidazole rings is 1. The van der Waals surface area contributed by atoms with E-state index in [4.69, 9.17) is 12.2 Å². The third kappa shape index (κ3) is 3.41. The van der Waals surface area contributed by atoms with Gasteiger partial charge in [0.15, 0.2) is 4.77 Å². The van der Waals surface area contributed by atoms with E-state index in [-0.39, 0.29) is 18.2 Å². The van der Waals surface area contributed by atoms with Crippen LogP contribution in [0.15, 0.2) is 18.2 Å². The zero-order chi connectivity index (χ0) is 13.8. The quantitative estimate of drug-likeness (QED) is 0.507. The average Bonchev–Trinajstić information content (AvgIpc) is 2.68. The van der Waals surface area contributed by atoms with E-state index >= 15 is 0 Å². The molecule has 0 unspecified atom stereocenters. The molecule has 0 aliphatic heterocycles. The SMILES string of the molecule is CCNC(=O)CC(=O)Nc1ccc2[nH]c(=S)[nH]c2c1. The van der Waals surface area contributed by atoms with Gasteiger partial charge >= 0.3 is 0 Å². The molecule has 2 rings (SSSR count). The number of aromatic amines is 2. The van der Waals surface area contributed by atoms with Crippen molar-refractivity contribution in [2.75, 3.05) is 11.9 Å². The molecule has 0 fully saturated rings. The maximum atomic E-state index is 11.6. The van der Waals surface area contributed by atoms with Gasteiger partial charge in [-0.2, -0.15) is 0 Å². The van der Waals surface area contributed by atoms with Crippen molar-refractivity contribution in [3.8, 4) is 0 Å². The first kappa shape index (κ1) is 13.3. The normalized spacial score (nSPS) is 10.4. The van der Waals surface area contributed by atoms with Gasteiger partial charge < -0.3 is 20.6 Å². The predicted molar refractivity (Wildman–Crippen MR) is 75.4 cm³/mol. The highest BCUT2D eigenvalue weighted by atomic mass is 32.1. The van der Waals surface area contributed by atoms with Crippen LogP contribution in [0.2, 0.25) is 0 Å². The monoisotopic (exact) mass is 278 g/mol. The van der Waals surface area contributed by atoms with Gasteiger partial charge in [0.05, 0.1) is 11.0 Å². The highest BCUT2D eigenvalue weighted by Gasteiger charge is 2.09. The molecule has 2 amide bonds. The summed E-state index contributed by atoms with van der Waals surface area (Å²) in [5.74, 6) is -0.637. The van der Waals surface area contributed by atoms with E-state index < -0.39 is 0 Å². The van der Waals surface area contributed by atoms with Crippen molar-refractivity contribution in [3.05, 3.63) is 23.0 Å². The molecule has 0 bridgehead atoms. The molecule has 0 spiro atoms. The molecule has 2 aromatic rings. The molecule has 7 heteroatoms. The summed E-state index contributed by atoms with van der Waals surface area (Å²) in [4.78, 5) is 28.8. The number of aromatic nitrogens is 2. The Kier molecular flexibility index (Phi) is 3.96. The molecule has 0 atom stereocenters. The summed E-state index contributed by atoms with van der Waals surface area (Å²) in [5.41, 5.74) is 2.29. The number of anilines is 1. The van der Waals surface area contributed by atoms with E-state index in [1.165, 1.54) is 0 Å². The molecule has 6 nitrogen and oxygen atoms in total. The van der Waals surface area contributed by atoms with Gasteiger partial charge in [-0.1, -0.05) is 0 Å². The zero-order valence-electron chi connectivity index (χ0n) is 10.4. The molecule has 19 heavy (non-hydrogen) atoms. The van der Waals surface area contributed by atoms with E-state index in [1.807, 2.05) is 6.07 Å². The fourth-order valence-electron chi connectivity index (χ4n) is 1.72. The Morgan fingerprint density at radius 2 is 1.95 bits per heavy atom. The molecule has 1 heterocycles. The first-order chi connectivity index (χ1) is 9.08. The van der Waals surface area contributed by atoms with Crippen LogP contribution in [0.5, 0.6) is 0 Å². The van der Waals surface area contributed by atoms with Crippen molar-refractivity contribution in [1.29, 1.82) is 0 Å². The highest BCUT2D eigenvalue weighted by Crippen LogP contribution is 2.16. The van der Waals surface area contributed by atoms with Gasteiger partial charge in [-0.05, 0) is 37.3 Å². The largest absolute Gasteiger partial charge is 0.356 e. The van der Waals surface area contributed by atoms with Crippen molar-refractivity contribution >= 4 is 40.8 Å². The van der Waals surface area contributed by atoms with Crippen LogP contribution >= 0.6 is 12.2 Å². The zero-order valence-corrected chi connectivity index (χ0v) is 11.2. The van der Waals surface area contributed by atoms with Crippen LogP contribution in [0, 0.1) is 4.77 Å². The first-order valence-corrected chi connectivity index (χ1v) is 6.28. The standard InChI is InChI=1S/C12H14N4O2S/c1-2-13-10(17)6-11(18)14-7-3-4-8-9(5-7)16-12(19)15-8/h3-5H,2,6H2,1H3,(H,13,17)(H,14,18)(H2,15,16,19). The van der Waals surface area contributed by atoms with Gasteiger partial charge in [0.25, 0.3) is 0 Å². The van der Waals surface area contributed by atoms with Crippen LogP contribution in [-0.4, -0.2) is 28.3 Å².